The van der Waals surface area contributed by atoms with E-state index in [4.69, 9.17) is 0 Å². The van der Waals surface area contributed by atoms with E-state index in [0.29, 0.717) is 37.4 Å². The zero-order valence-electron chi connectivity index (χ0n) is 18.4. The number of carbonyl (C=O) groups excluding carboxylic acids is 2. The molecule has 0 unspecified atom stereocenters. The molecule has 3 rings (SSSR count). The van der Waals surface area contributed by atoms with Gasteiger partial charge in [0, 0.05) is 57.6 Å². The third-order valence-electron chi connectivity index (χ3n) is 5.29. The molecule has 2 N–H and O–H groups in total. The Hall–Kier alpha value is -3.20. The third-order valence-corrected chi connectivity index (χ3v) is 5.29. The maximum Gasteiger partial charge on any atom is 0.323 e. The Balaban J connectivity index is 1.62. The van der Waals surface area contributed by atoms with Gasteiger partial charge in [0.2, 0.25) is 0 Å². The van der Waals surface area contributed by atoms with Crippen LogP contribution in [0.15, 0.2) is 36.5 Å². The maximum atomic E-state index is 15.1. The first kappa shape index (κ1) is 22.5. The number of benzene rings is 1. The number of anilines is 2. The number of urea groups is 2. The van der Waals surface area contributed by atoms with Gasteiger partial charge in [-0.1, -0.05) is 12.1 Å². The van der Waals surface area contributed by atoms with Gasteiger partial charge in [-0.05, 0) is 32.0 Å². The maximum absolute atomic E-state index is 15.1. The van der Waals surface area contributed by atoms with E-state index in [2.05, 4.69) is 20.5 Å². The molecule has 1 aromatic carbocycles. The first-order chi connectivity index (χ1) is 14.7. The van der Waals surface area contributed by atoms with Crippen molar-refractivity contribution in [2.75, 3.05) is 44.4 Å². The molecule has 2 heterocycles. The molecule has 0 bridgehead atoms. The molecule has 0 saturated carbocycles. The molecule has 4 amide bonds. The lowest BCUT2D eigenvalue weighted by atomic mass is 10.1. The van der Waals surface area contributed by atoms with Gasteiger partial charge in [0.05, 0.1) is 17.6 Å². The number of nitrogens with zero attached hydrogens (tertiary/aromatic N) is 4. The minimum Gasteiger partial charge on any atom is -0.331 e. The summed E-state index contributed by atoms with van der Waals surface area (Å²) in [6, 6.07) is 8.02. The summed E-state index contributed by atoms with van der Waals surface area (Å²) in [6.07, 6.45) is 1.55. The molecule has 0 radical (unpaired) electrons. The molecule has 1 aromatic heterocycles. The van der Waals surface area contributed by atoms with E-state index in [0.717, 1.165) is 5.69 Å². The van der Waals surface area contributed by atoms with E-state index >= 15 is 4.39 Å². The van der Waals surface area contributed by atoms with Crippen molar-refractivity contribution >= 4 is 23.4 Å². The minimum atomic E-state index is -0.536. The van der Waals surface area contributed by atoms with Gasteiger partial charge in [-0.25, -0.2) is 14.0 Å². The van der Waals surface area contributed by atoms with Crippen molar-refractivity contribution in [2.24, 2.45) is 0 Å². The van der Waals surface area contributed by atoms with Crippen LogP contribution in [0.4, 0.5) is 25.4 Å². The summed E-state index contributed by atoms with van der Waals surface area (Å²) in [4.78, 5) is 34.1. The lowest BCUT2D eigenvalue weighted by Gasteiger charge is -2.40. The molecule has 8 nitrogen and oxygen atoms in total. The highest BCUT2D eigenvalue weighted by molar-refractivity contribution is 5.99. The topological polar surface area (TPSA) is 80.8 Å². The van der Waals surface area contributed by atoms with Gasteiger partial charge in [0.1, 0.15) is 0 Å². The van der Waals surface area contributed by atoms with Gasteiger partial charge >= 0.3 is 12.1 Å². The molecule has 1 saturated heterocycles. The molecule has 1 fully saturated rings. The van der Waals surface area contributed by atoms with Crippen LogP contribution in [0.25, 0.3) is 0 Å². The van der Waals surface area contributed by atoms with Crippen molar-refractivity contribution in [3.05, 3.63) is 53.6 Å². The lowest BCUT2D eigenvalue weighted by Crippen LogP contribution is -2.55. The average Bonchev–Trinajstić information content (AvgIpc) is 2.73. The minimum absolute atomic E-state index is 0.0151. The lowest BCUT2D eigenvalue weighted by molar-refractivity contribution is 0.0821. The number of rotatable bonds is 4. The monoisotopic (exact) mass is 428 g/mol. The molecule has 31 heavy (non-hydrogen) atoms. The Morgan fingerprint density at radius 3 is 2.61 bits per heavy atom. The Labute approximate surface area is 182 Å². The molecule has 0 aliphatic carbocycles. The van der Waals surface area contributed by atoms with Gasteiger partial charge in [0.25, 0.3) is 0 Å². The highest BCUT2D eigenvalue weighted by Gasteiger charge is 2.28. The fraction of sp³-hybridized carbons (Fsp3) is 0.409. The summed E-state index contributed by atoms with van der Waals surface area (Å²) in [5.74, 6) is -0.460. The van der Waals surface area contributed by atoms with Crippen LogP contribution in [0.2, 0.25) is 0 Å². The second-order valence-corrected chi connectivity index (χ2v) is 7.99. The fourth-order valence-corrected chi connectivity index (χ4v) is 3.53. The van der Waals surface area contributed by atoms with E-state index < -0.39 is 11.8 Å². The quantitative estimate of drug-likeness (QED) is 0.783. The van der Waals surface area contributed by atoms with Gasteiger partial charge in [-0.15, -0.1) is 0 Å². The van der Waals surface area contributed by atoms with Crippen LogP contribution in [-0.2, 0) is 6.54 Å². The largest absolute Gasteiger partial charge is 0.331 e. The van der Waals surface area contributed by atoms with Crippen molar-refractivity contribution in [3.63, 3.8) is 0 Å². The number of hydrogen-bond acceptors (Lipinski definition) is 4. The van der Waals surface area contributed by atoms with E-state index in [-0.39, 0.29) is 17.8 Å². The van der Waals surface area contributed by atoms with Crippen molar-refractivity contribution in [3.8, 4) is 0 Å². The van der Waals surface area contributed by atoms with Crippen LogP contribution in [0, 0.1) is 12.7 Å². The second-order valence-electron chi connectivity index (χ2n) is 7.99. The van der Waals surface area contributed by atoms with E-state index in [1.165, 1.54) is 6.07 Å². The van der Waals surface area contributed by atoms with Gasteiger partial charge in [0.15, 0.2) is 5.82 Å². The zero-order chi connectivity index (χ0) is 22.5. The van der Waals surface area contributed by atoms with Gasteiger partial charge in [-0.3, -0.25) is 9.88 Å². The molecule has 0 spiro atoms. The van der Waals surface area contributed by atoms with Crippen molar-refractivity contribution in [2.45, 2.75) is 26.4 Å². The van der Waals surface area contributed by atoms with Crippen LogP contribution in [-0.4, -0.2) is 71.5 Å². The molecule has 1 atom stereocenters. The fourth-order valence-electron chi connectivity index (χ4n) is 3.53. The average molecular weight is 429 g/mol. The van der Waals surface area contributed by atoms with E-state index in [9.17, 15) is 9.59 Å². The highest BCUT2D eigenvalue weighted by Crippen LogP contribution is 2.22. The number of pyridine rings is 1. The van der Waals surface area contributed by atoms with E-state index in [1.54, 1.807) is 54.4 Å². The Morgan fingerprint density at radius 2 is 1.97 bits per heavy atom. The van der Waals surface area contributed by atoms with E-state index in [1.807, 2.05) is 13.8 Å². The molecule has 1 aliphatic heterocycles. The third kappa shape index (κ3) is 5.69. The summed E-state index contributed by atoms with van der Waals surface area (Å²) in [5, 5.41) is 5.21. The molecule has 2 aromatic rings. The second kappa shape index (κ2) is 9.74. The van der Waals surface area contributed by atoms with Gasteiger partial charge in [-0.2, -0.15) is 0 Å². The number of aryl methyl sites for hydroxylation is 1. The van der Waals surface area contributed by atoms with Crippen LogP contribution in [0.3, 0.4) is 0 Å². The molecule has 166 valence electrons. The summed E-state index contributed by atoms with van der Waals surface area (Å²) in [5.41, 5.74) is 1.97. The highest BCUT2D eigenvalue weighted by atomic mass is 19.1. The van der Waals surface area contributed by atoms with Gasteiger partial charge < -0.3 is 20.4 Å². The standard InChI is InChI=1S/C22H29FN6O2/c1-15-8-9-18(12-24-15)25-21(30)26-19-7-5-6-17(20(19)23)14-28-10-11-29(13-16(28)2)22(31)27(3)4/h5-9,12,16H,10-11,13-14H2,1-4H3,(H2,25,26,30)/t16-/m1/s1. The number of carbonyl (C=O) groups is 2. The number of halogens is 1. The number of amides is 4. The Morgan fingerprint density at radius 1 is 1.19 bits per heavy atom. The summed E-state index contributed by atoms with van der Waals surface area (Å²) in [7, 11) is 3.47. The first-order valence-electron chi connectivity index (χ1n) is 10.2. The van der Waals surface area contributed by atoms with Crippen LogP contribution in [0.5, 0.6) is 0 Å². The molecular weight excluding hydrogens is 399 g/mol. The predicted molar refractivity (Wildman–Crippen MR) is 119 cm³/mol. The van der Waals surface area contributed by atoms with Crippen LogP contribution in [0.1, 0.15) is 18.2 Å². The summed E-state index contributed by atoms with van der Waals surface area (Å²) >= 11 is 0. The molecule has 1 aliphatic rings. The zero-order valence-corrected chi connectivity index (χ0v) is 18.4. The normalized spacial score (nSPS) is 16.7. The summed E-state index contributed by atoms with van der Waals surface area (Å²) < 4.78 is 15.1. The Bertz CT molecular complexity index is 934. The summed E-state index contributed by atoms with van der Waals surface area (Å²) in [6.45, 7) is 6.11. The Kier molecular flexibility index (Phi) is 7.06. The van der Waals surface area contributed by atoms with Crippen molar-refractivity contribution < 1.29 is 14.0 Å². The predicted octanol–water partition coefficient (Wildman–Crippen LogP) is 3.36. The first-order valence-corrected chi connectivity index (χ1v) is 10.2. The molecule has 9 heteroatoms. The molecular formula is C22H29FN6O2. The number of aromatic nitrogens is 1. The van der Waals surface area contributed by atoms with Crippen molar-refractivity contribution in [1.29, 1.82) is 0 Å². The SMILES string of the molecule is Cc1ccc(NC(=O)Nc2cccc(CN3CCN(C(=O)N(C)C)C[C@H]3C)c2F)cn1. The number of nitrogens with one attached hydrogen (secondary N) is 2. The van der Waals surface area contributed by atoms with Crippen LogP contribution < -0.4 is 10.6 Å². The number of piperazine rings is 1. The smallest absolute Gasteiger partial charge is 0.323 e. The number of hydrogen-bond donors (Lipinski definition) is 2. The van der Waals surface area contributed by atoms with Crippen molar-refractivity contribution in [1.82, 2.24) is 19.7 Å². The van der Waals surface area contributed by atoms with Crippen LogP contribution >= 0.6 is 0 Å².